The Hall–Kier alpha value is -5.90. The second-order valence-corrected chi connectivity index (χ2v) is 12.7. The fourth-order valence-electron chi connectivity index (χ4n) is 4.65. The maximum Gasteiger partial charge on any atom is 0.0249 e. The standard InChI is InChI=1S/C18H18.C16H16.C16H14/c1-15-7-11-17(12-8-15)5-3-4-6-18-13-9-16(2)10-14-18;2*1-13-3-7-15(8-4-13)11-12-16-9-5-14(2)6-10-16/h3-14H,1-2H3;3-12H,1-2H3;3-10H,1-2H3/b5-3+,6-4+;12-11+;. The molecular weight excluding hydrogens is 601 g/mol. The lowest BCUT2D eigenvalue weighted by atomic mass is 10.1. The Kier molecular flexibility index (Phi) is 14.6. The van der Waals surface area contributed by atoms with Crippen molar-refractivity contribution in [3.05, 3.63) is 225 Å². The van der Waals surface area contributed by atoms with E-state index in [1.807, 2.05) is 0 Å². The second-order valence-electron chi connectivity index (χ2n) is 12.7. The Balaban J connectivity index is 0.000000169. The topological polar surface area (TPSA) is 0 Å². The maximum atomic E-state index is 3.16. The van der Waals surface area contributed by atoms with Gasteiger partial charge in [-0.2, -0.15) is 0 Å². The summed E-state index contributed by atoms with van der Waals surface area (Å²) < 4.78 is 0. The number of allylic oxidation sites excluding steroid dienone is 2. The van der Waals surface area contributed by atoms with Gasteiger partial charge in [0.1, 0.15) is 0 Å². The molecule has 0 aliphatic carbocycles. The van der Waals surface area contributed by atoms with Crippen molar-refractivity contribution in [1.82, 2.24) is 0 Å². The molecule has 50 heavy (non-hydrogen) atoms. The van der Waals surface area contributed by atoms with Gasteiger partial charge in [-0.05, 0) is 88.1 Å². The summed E-state index contributed by atoms with van der Waals surface area (Å²) in [6.45, 7) is 12.6. The van der Waals surface area contributed by atoms with Crippen molar-refractivity contribution in [2.24, 2.45) is 0 Å². The van der Waals surface area contributed by atoms with Gasteiger partial charge in [0.05, 0.1) is 0 Å². The highest BCUT2D eigenvalue weighted by Gasteiger charge is 1.90. The van der Waals surface area contributed by atoms with Crippen molar-refractivity contribution in [3.8, 4) is 11.8 Å². The average molecular weight is 649 g/mol. The van der Waals surface area contributed by atoms with Crippen molar-refractivity contribution in [2.75, 3.05) is 0 Å². The molecule has 6 rings (SSSR count). The molecule has 6 aromatic carbocycles. The molecule has 0 atom stereocenters. The highest BCUT2D eigenvalue weighted by Crippen LogP contribution is 2.11. The summed E-state index contributed by atoms with van der Waals surface area (Å²) in [4.78, 5) is 0. The van der Waals surface area contributed by atoms with E-state index in [2.05, 4.69) is 235 Å². The van der Waals surface area contributed by atoms with Gasteiger partial charge in [-0.3, -0.25) is 0 Å². The zero-order valence-corrected chi connectivity index (χ0v) is 30.3. The van der Waals surface area contributed by atoms with Gasteiger partial charge >= 0.3 is 0 Å². The Bertz CT molecular complexity index is 1870. The quantitative estimate of drug-likeness (QED) is 0.0991. The summed E-state index contributed by atoms with van der Waals surface area (Å²) >= 11 is 0. The molecule has 6 aromatic rings. The number of hydrogen-bond acceptors (Lipinski definition) is 0. The van der Waals surface area contributed by atoms with Crippen molar-refractivity contribution in [3.63, 3.8) is 0 Å². The molecule has 0 saturated heterocycles. The van der Waals surface area contributed by atoms with Crippen LogP contribution in [0.4, 0.5) is 0 Å². The molecule has 0 spiro atoms. The van der Waals surface area contributed by atoms with Crippen LogP contribution in [0, 0.1) is 53.4 Å². The summed E-state index contributed by atoms with van der Waals surface area (Å²) in [5.74, 6) is 6.32. The van der Waals surface area contributed by atoms with Crippen LogP contribution in [0.3, 0.4) is 0 Å². The van der Waals surface area contributed by atoms with E-state index in [0.717, 1.165) is 11.1 Å². The Morgan fingerprint density at radius 3 is 0.700 bits per heavy atom. The molecule has 0 amide bonds. The Morgan fingerprint density at radius 2 is 0.460 bits per heavy atom. The van der Waals surface area contributed by atoms with Crippen LogP contribution < -0.4 is 0 Å². The van der Waals surface area contributed by atoms with Crippen LogP contribution in [0.25, 0.3) is 24.3 Å². The summed E-state index contributed by atoms with van der Waals surface area (Å²) in [6, 6.07) is 50.7. The summed E-state index contributed by atoms with van der Waals surface area (Å²) in [5, 5.41) is 0. The first-order valence-electron chi connectivity index (χ1n) is 17.2. The molecule has 0 heterocycles. The molecule has 0 radical (unpaired) electrons. The van der Waals surface area contributed by atoms with Gasteiger partial charge in [0.2, 0.25) is 0 Å². The molecule has 0 aromatic heterocycles. The third-order valence-corrected chi connectivity index (χ3v) is 7.92. The minimum Gasteiger partial charge on any atom is -0.0617 e. The highest BCUT2D eigenvalue weighted by molar-refractivity contribution is 5.69. The van der Waals surface area contributed by atoms with E-state index in [0.29, 0.717) is 0 Å². The summed E-state index contributed by atoms with van der Waals surface area (Å²) in [6.07, 6.45) is 12.7. The normalized spacial score (nSPS) is 10.6. The van der Waals surface area contributed by atoms with E-state index in [1.165, 1.54) is 55.6 Å². The minimum absolute atomic E-state index is 1.06. The summed E-state index contributed by atoms with van der Waals surface area (Å²) in [5.41, 5.74) is 14.8. The maximum absolute atomic E-state index is 3.16. The SMILES string of the molecule is Cc1ccc(/C=C/C=C/c2ccc(C)cc2)cc1.Cc1ccc(/C=C/c2ccc(C)cc2)cc1.Cc1ccc(C#Cc2ccc(C)cc2)cc1. The van der Waals surface area contributed by atoms with E-state index in [1.54, 1.807) is 0 Å². The zero-order chi connectivity index (χ0) is 35.6. The van der Waals surface area contributed by atoms with Crippen LogP contribution in [0.2, 0.25) is 0 Å². The highest BCUT2D eigenvalue weighted by atomic mass is 14.0. The molecule has 0 aliphatic rings. The first-order chi connectivity index (χ1) is 24.2. The van der Waals surface area contributed by atoms with Crippen LogP contribution in [-0.2, 0) is 0 Å². The first kappa shape index (κ1) is 36.9. The Labute approximate surface area is 301 Å². The monoisotopic (exact) mass is 648 g/mol. The number of aryl methyl sites for hydroxylation is 6. The molecular formula is C50H48. The molecule has 0 N–H and O–H groups in total. The molecule has 0 bridgehead atoms. The molecule has 0 unspecified atom stereocenters. The van der Waals surface area contributed by atoms with Gasteiger partial charge in [-0.25, -0.2) is 0 Å². The third-order valence-electron chi connectivity index (χ3n) is 7.92. The van der Waals surface area contributed by atoms with Crippen molar-refractivity contribution >= 4 is 24.3 Å². The fraction of sp³-hybridized carbons (Fsp3) is 0.120. The second kappa shape index (κ2) is 19.8. The van der Waals surface area contributed by atoms with Gasteiger partial charge in [-0.15, -0.1) is 0 Å². The smallest absolute Gasteiger partial charge is 0.0249 e. The van der Waals surface area contributed by atoms with E-state index in [4.69, 9.17) is 0 Å². The predicted molar refractivity (Wildman–Crippen MR) is 220 cm³/mol. The predicted octanol–water partition coefficient (Wildman–Crippen LogP) is 13.2. The van der Waals surface area contributed by atoms with Gasteiger partial charge < -0.3 is 0 Å². The number of benzene rings is 6. The molecule has 248 valence electrons. The van der Waals surface area contributed by atoms with Crippen LogP contribution in [-0.4, -0.2) is 0 Å². The van der Waals surface area contributed by atoms with Gasteiger partial charge in [0.15, 0.2) is 0 Å². The number of rotatable bonds is 5. The molecule has 0 heteroatoms. The lowest BCUT2D eigenvalue weighted by Crippen LogP contribution is -1.77. The van der Waals surface area contributed by atoms with E-state index in [-0.39, 0.29) is 0 Å². The first-order valence-corrected chi connectivity index (χ1v) is 17.2. The van der Waals surface area contributed by atoms with E-state index in [9.17, 15) is 0 Å². The fourth-order valence-corrected chi connectivity index (χ4v) is 4.65. The molecule has 0 nitrogen and oxygen atoms in total. The van der Waals surface area contributed by atoms with Gasteiger partial charge in [0.25, 0.3) is 0 Å². The van der Waals surface area contributed by atoms with E-state index >= 15 is 0 Å². The van der Waals surface area contributed by atoms with Crippen LogP contribution in [0.15, 0.2) is 158 Å². The third kappa shape index (κ3) is 14.1. The van der Waals surface area contributed by atoms with Crippen molar-refractivity contribution < 1.29 is 0 Å². The number of hydrogen-bond donors (Lipinski definition) is 0. The van der Waals surface area contributed by atoms with Crippen LogP contribution in [0.5, 0.6) is 0 Å². The van der Waals surface area contributed by atoms with Gasteiger partial charge in [-0.1, -0.05) is 203 Å². The van der Waals surface area contributed by atoms with Crippen molar-refractivity contribution in [1.29, 1.82) is 0 Å². The van der Waals surface area contributed by atoms with Crippen LogP contribution >= 0.6 is 0 Å². The summed E-state index contributed by atoms with van der Waals surface area (Å²) in [7, 11) is 0. The Morgan fingerprint density at radius 1 is 0.260 bits per heavy atom. The van der Waals surface area contributed by atoms with Crippen molar-refractivity contribution in [2.45, 2.75) is 41.5 Å². The minimum atomic E-state index is 1.06. The molecule has 0 fully saturated rings. The average Bonchev–Trinajstić information content (AvgIpc) is 3.13. The van der Waals surface area contributed by atoms with Crippen LogP contribution in [0.1, 0.15) is 66.8 Å². The zero-order valence-electron chi connectivity index (χ0n) is 30.3. The van der Waals surface area contributed by atoms with E-state index < -0.39 is 0 Å². The largest absolute Gasteiger partial charge is 0.0617 e. The molecule has 0 aliphatic heterocycles. The van der Waals surface area contributed by atoms with Gasteiger partial charge in [0, 0.05) is 11.1 Å². The lowest BCUT2D eigenvalue weighted by molar-refractivity contribution is 1.45. The molecule has 0 saturated carbocycles. The lowest BCUT2D eigenvalue weighted by Gasteiger charge is -1.96.